The van der Waals surface area contributed by atoms with Crippen LogP contribution in [0.2, 0.25) is 0 Å². The zero-order chi connectivity index (χ0) is 12.8. The van der Waals surface area contributed by atoms with Crippen molar-refractivity contribution in [2.24, 2.45) is 5.84 Å². The van der Waals surface area contributed by atoms with E-state index in [1.165, 1.54) is 0 Å². The first kappa shape index (κ1) is 13.9. The molecule has 1 aromatic carbocycles. The highest BCUT2D eigenvalue weighted by molar-refractivity contribution is 7.98. The lowest BCUT2D eigenvalue weighted by Crippen LogP contribution is -2.34. The van der Waals surface area contributed by atoms with E-state index in [1.807, 2.05) is 26.2 Å². The Bertz CT molecular complexity index is 395. The van der Waals surface area contributed by atoms with Gasteiger partial charge in [0.25, 0.3) is 5.91 Å². The molecule has 1 atom stereocenters. The Hall–Kier alpha value is -1.20. The predicted octanol–water partition coefficient (Wildman–Crippen LogP) is 1.76. The van der Waals surface area contributed by atoms with Crippen molar-refractivity contribution >= 4 is 23.4 Å². The molecule has 17 heavy (non-hydrogen) atoms. The Labute approximate surface area is 106 Å². The van der Waals surface area contributed by atoms with Crippen molar-refractivity contribution in [2.75, 3.05) is 17.4 Å². The van der Waals surface area contributed by atoms with Crippen LogP contribution in [0.25, 0.3) is 0 Å². The summed E-state index contributed by atoms with van der Waals surface area (Å²) in [5.41, 5.74) is 4.97. The number of thioether (sulfide) groups is 1. The molecule has 0 radical (unpaired) electrons. The molecule has 1 unspecified atom stereocenters. The van der Waals surface area contributed by atoms with Crippen molar-refractivity contribution in [3.63, 3.8) is 0 Å². The van der Waals surface area contributed by atoms with Crippen LogP contribution in [0.4, 0.5) is 5.69 Å². The van der Waals surface area contributed by atoms with Crippen LogP contribution in [0.5, 0.6) is 0 Å². The summed E-state index contributed by atoms with van der Waals surface area (Å²) in [4.78, 5) is 12.0. The van der Waals surface area contributed by atoms with Gasteiger partial charge in [0.2, 0.25) is 0 Å². The molecule has 0 aliphatic heterocycles. The van der Waals surface area contributed by atoms with Crippen molar-refractivity contribution in [1.82, 2.24) is 5.32 Å². The molecule has 0 aliphatic rings. The van der Waals surface area contributed by atoms with E-state index in [0.29, 0.717) is 5.56 Å². The predicted molar refractivity (Wildman–Crippen MR) is 74.3 cm³/mol. The Morgan fingerprint density at radius 3 is 2.76 bits per heavy atom. The molecule has 94 valence electrons. The van der Waals surface area contributed by atoms with Gasteiger partial charge < -0.3 is 10.7 Å². The van der Waals surface area contributed by atoms with Crippen LogP contribution in [0.15, 0.2) is 18.2 Å². The maximum absolute atomic E-state index is 12.0. The van der Waals surface area contributed by atoms with Gasteiger partial charge in [-0.15, -0.1) is 0 Å². The van der Waals surface area contributed by atoms with E-state index in [2.05, 4.69) is 10.7 Å². The van der Waals surface area contributed by atoms with Gasteiger partial charge in [-0.1, -0.05) is 0 Å². The number of nitrogen functional groups attached to an aromatic ring is 1. The van der Waals surface area contributed by atoms with Gasteiger partial charge in [-0.25, -0.2) is 0 Å². The summed E-state index contributed by atoms with van der Waals surface area (Å²) in [6, 6.07) is 5.60. The largest absolute Gasteiger partial charge is 0.349 e. The first-order chi connectivity index (χ1) is 8.08. The lowest BCUT2D eigenvalue weighted by Gasteiger charge is -2.14. The van der Waals surface area contributed by atoms with Crippen molar-refractivity contribution in [3.8, 4) is 0 Å². The molecule has 4 N–H and O–H groups in total. The molecular formula is C12H19N3OS. The monoisotopic (exact) mass is 253 g/mol. The number of hydrazine groups is 1. The third kappa shape index (κ3) is 3.94. The molecule has 0 bridgehead atoms. The van der Waals surface area contributed by atoms with Crippen LogP contribution >= 0.6 is 11.8 Å². The molecule has 0 aliphatic carbocycles. The summed E-state index contributed by atoms with van der Waals surface area (Å²) in [5, 5.41) is 2.96. The number of hydrogen-bond donors (Lipinski definition) is 3. The van der Waals surface area contributed by atoms with Crippen molar-refractivity contribution in [2.45, 2.75) is 19.9 Å². The highest BCUT2D eigenvalue weighted by atomic mass is 32.2. The third-order valence-corrected chi connectivity index (χ3v) is 3.27. The number of hydrogen-bond acceptors (Lipinski definition) is 4. The Morgan fingerprint density at radius 2 is 2.24 bits per heavy atom. The standard InChI is InChI=1S/C12H19N3OS/c1-8-6-10(15-13)4-5-11(8)12(16)14-9(2)7-17-3/h4-6,9,15H,7,13H2,1-3H3,(H,14,16). The number of benzene rings is 1. The smallest absolute Gasteiger partial charge is 0.251 e. The second-order valence-electron chi connectivity index (χ2n) is 4.00. The van der Waals surface area contributed by atoms with E-state index >= 15 is 0 Å². The van der Waals surface area contributed by atoms with Crippen molar-refractivity contribution < 1.29 is 4.79 Å². The van der Waals surface area contributed by atoms with Crippen LogP contribution in [0.1, 0.15) is 22.8 Å². The Balaban J connectivity index is 2.75. The number of amides is 1. The molecule has 1 aromatic rings. The van der Waals surface area contributed by atoms with Crippen molar-refractivity contribution in [1.29, 1.82) is 0 Å². The third-order valence-electron chi connectivity index (χ3n) is 2.43. The van der Waals surface area contributed by atoms with E-state index in [4.69, 9.17) is 5.84 Å². The first-order valence-corrected chi connectivity index (χ1v) is 6.85. The quantitative estimate of drug-likeness (QED) is 0.552. The summed E-state index contributed by atoms with van der Waals surface area (Å²) in [6.07, 6.45) is 2.02. The minimum atomic E-state index is -0.0346. The van der Waals surface area contributed by atoms with Gasteiger partial charge in [0.15, 0.2) is 0 Å². The highest BCUT2D eigenvalue weighted by Gasteiger charge is 2.11. The first-order valence-electron chi connectivity index (χ1n) is 5.45. The van der Waals surface area contributed by atoms with Gasteiger partial charge in [0.05, 0.1) is 0 Å². The second kappa shape index (κ2) is 6.51. The van der Waals surface area contributed by atoms with E-state index in [0.717, 1.165) is 17.0 Å². The van der Waals surface area contributed by atoms with E-state index < -0.39 is 0 Å². The number of rotatable bonds is 5. The number of anilines is 1. The molecule has 1 amide bonds. The molecule has 4 nitrogen and oxygen atoms in total. The molecular weight excluding hydrogens is 234 g/mol. The zero-order valence-electron chi connectivity index (χ0n) is 10.4. The minimum absolute atomic E-state index is 0.0346. The maximum atomic E-state index is 12.0. The Kier molecular flexibility index (Phi) is 5.31. The molecule has 0 fully saturated rings. The maximum Gasteiger partial charge on any atom is 0.251 e. The number of carbonyl (C=O) groups excluding carboxylic acids is 1. The van der Waals surface area contributed by atoms with Gasteiger partial charge in [-0.05, 0) is 43.9 Å². The Morgan fingerprint density at radius 1 is 1.53 bits per heavy atom. The summed E-state index contributed by atoms with van der Waals surface area (Å²) < 4.78 is 0. The molecule has 0 heterocycles. The van der Waals surface area contributed by atoms with Crippen LogP contribution in [0.3, 0.4) is 0 Å². The molecule has 1 rings (SSSR count). The number of nitrogens with two attached hydrogens (primary N) is 1. The van der Waals surface area contributed by atoms with E-state index in [-0.39, 0.29) is 11.9 Å². The molecule has 0 aromatic heterocycles. The fourth-order valence-electron chi connectivity index (χ4n) is 1.60. The number of nitrogens with one attached hydrogen (secondary N) is 2. The fourth-order valence-corrected chi connectivity index (χ4v) is 2.18. The van der Waals surface area contributed by atoms with Crippen LogP contribution in [0, 0.1) is 6.92 Å². The molecule has 0 spiro atoms. The SMILES string of the molecule is CSCC(C)NC(=O)c1ccc(NN)cc1C. The average Bonchev–Trinajstić information content (AvgIpc) is 2.28. The van der Waals surface area contributed by atoms with E-state index in [1.54, 1.807) is 23.9 Å². The highest BCUT2D eigenvalue weighted by Crippen LogP contribution is 2.14. The fraction of sp³-hybridized carbons (Fsp3) is 0.417. The molecule has 5 heteroatoms. The van der Waals surface area contributed by atoms with Gasteiger partial charge in [-0.2, -0.15) is 11.8 Å². The normalized spacial score (nSPS) is 12.0. The zero-order valence-corrected chi connectivity index (χ0v) is 11.2. The summed E-state index contributed by atoms with van der Waals surface area (Å²) in [5.74, 6) is 6.19. The van der Waals surface area contributed by atoms with Crippen LogP contribution in [-0.4, -0.2) is 24.0 Å². The topological polar surface area (TPSA) is 67.2 Å². The van der Waals surface area contributed by atoms with Gasteiger partial charge in [0, 0.05) is 23.0 Å². The van der Waals surface area contributed by atoms with Crippen molar-refractivity contribution in [3.05, 3.63) is 29.3 Å². The lowest BCUT2D eigenvalue weighted by molar-refractivity contribution is 0.0943. The van der Waals surface area contributed by atoms with E-state index in [9.17, 15) is 4.79 Å². The van der Waals surface area contributed by atoms with Gasteiger partial charge in [-0.3, -0.25) is 10.6 Å². The van der Waals surface area contributed by atoms with Gasteiger partial charge in [0.1, 0.15) is 0 Å². The average molecular weight is 253 g/mol. The van der Waals surface area contributed by atoms with Gasteiger partial charge >= 0.3 is 0 Å². The number of aryl methyl sites for hydroxylation is 1. The van der Waals surface area contributed by atoms with Crippen LogP contribution in [-0.2, 0) is 0 Å². The summed E-state index contributed by atoms with van der Waals surface area (Å²) in [6.45, 7) is 3.90. The minimum Gasteiger partial charge on any atom is -0.349 e. The van der Waals surface area contributed by atoms with Crippen LogP contribution < -0.4 is 16.6 Å². The lowest BCUT2D eigenvalue weighted by atomic mass is 10.1. The summed E-state index contributed by atoms with van der Waals surface area (Å²) >= 11 is 1.72. The summed E-state index contributed by atoms with van der Waals surface area (Å²) in [7, 11) is 0. The number of carbonyl (C=O) groups is 1. The molecule has 0 saturated heterocycles. The molecule has 0 saturated carbocycles. The second-order valence-corrected chi connectivity index (χ2v) is 4.91.